The van der Waals surface area contributed by atoms with E-state index in [2.05, 4.69) is 18.8 Å². The van der Waals surface area contributed by atoms with Crippen LogP contribution in [0.2, 0.25) is 10.2 Å². The summed E-state index contributed by atoms with van der Waals surface area (Å²) in [7, 11) is 0. The lowest BCUT2D eigenvalue weighted by molar-refractivity contribution is 0.0785. The lowest BCUT2D eigenvalue weighted by Gasteiger charge is -2.16. The maximum atomic E-state index is 12.3. The Labute approximate surface area is 111 Å². The molecule has 1 aromatic rings. The molecule has 2 atom stereocenters. The number of carbonyl (C=O) groups is 1. The van der Waals surface area contributed by atoms with E-state index in [1.54, 1.807) is 0 Å². The predicted octanol–water partition coefficient (Wildman–Crippen LogP) is 3.12. The van der Waals surface area contributed by atoms with Crippen LogP contribution < -0.4 is 0 Å². The first-order valence-corrected chi connectivity index (χ1v) is 6.35. The highest BCUT2D eigenvalue weighted by atomic mass is 35.5. The number of hydrogen-bond donors (Lipinski definition) is 0. The first-order valence-electron chi connectivity index (χ1n) is 5.59. The van der Waals surface area contributed by atoms with Crippen LogP contribution in [0.5, 0.6) is 0 Å². The Hall–Kier alpha value is -0.800. The Morgan fingerprint density at radius 2 is 1.94 bits per heavy atom. The molecule has 0 spiro atoms. The summed E-state index contributed by atoms with van der Waals surface area (Å²) in [6.45, 7) is 5.85. The van der Waals surface area contributed by atoms with Gasteiger partial charge >= 0.3 is 0 Å². The molecule has 1 fully saturated rings. The summed E-state index contributed by atoms with van der Waals surface area (Å²) >= 11 is 11.8. The van der Waals surface area contributed by atoms with Crippen molar-refractivity contribution in [1.29, 1.82) is 0 Å². The molecule has 1 saturated heterocycles. The van der Waals surface area contributed by atoms with Gasteiger partial charge < -0.3 is 4.90 Å². The summed E-state index contributed by atoms with van der Waals surface area (Å²) in [5.74, 6) is 0.987. The van der Waals surface area contributed by atoms with Crippen LogP contribution in [0.25, 0.3) is 0 Å². The maximum Gasteiger partial charge on any atom is 0.255 e. The fraction of sp³-hybridized carbons (Fsp3) is 0.500. The van der Waals surface area contributed by atoms with Gasteiger partial charge in [0.25, 0.3) is 5.91 Å². The van der Waals surface area contributed by atoms with E-state index in [4.69, 9.17) is 23.2 Å². The summed E-state index contributed by atoms with van der Waals surface area (Å²) in [6.07, 6.45) is 1.42. The number of amides is 1. The molecule has 0 saturated carbocycles. The largest absolute Gasteiger partial charge is 0.338 e. The molecule has 0 aliphatic carbocycles. The minimum absolute atomic E-state index is 0.0597. The first kappa shape index (κ1) is 12.7. The van der Waals surface area contributed by atoms with Crippen molar-refractivity contribution in [3.8, 4) is 0 Å². The zero-order valence-electron chi connectivity index (χ0n) is 9.78. The molecule has 0 N–H and O–H groups in total. The Morgan fingerprint density at radius 3 is 2.53 bits per heavy atom. The van der Waals surface area contributed by atoms with Crippen LogP contribution >= 0.6 is 23.2 Å². The van der Waals surface area contributed by atoms with Crippen molar-refractivity contribution in [2.45, 2.75) is 13.8 Å². The van der Waals surface area contributed by atoms with Crippen LogP contribution in [0.1, 0.15) is 24.2 Å². The Morgan fingerprint density at radius 1 is 1.35 bits per heavy atom. The molecule has 92 valence electrons. The Bertz CT molecular complexity index is 440. The van der Waals surface area contributed by atoms with E-state index < -0.39 is 0 Å². The molecule has 2 heterocycles. The molecule has 0 aromatic carbocycles. The zero-order valence-corrected chi connectivity index (χ0v) is 11.3. The van der Waals surface area contributed by atoms with Crippen molar-refractivity contribution in [2.75, 3.05) is 13.1 Å². The van der Waals surface area contributed by atoms with Gasteiger partial charge in [-0.15, -0.1) is 0 Å². The van der Waals surface area contributed by atoms with E-state index in [1.165, 1.54) is 12.3 Å². The third kappa shape index (κ3) is 2.55. The standard InChI is InChI=1S/C12H14Cl2N2O/c1-7-5-16(6-8(7)2)12(17)9-3-11(14)15-4-10(9)13/h3-4,7-8H,5-6H2,1-2H3. The summed E-state index contributed by atoms with van der Waals surface area (Å²) in [5.41, 5.74) is 0.438. The second kappa shape index (κ2) is 4.83. The SMILES string of the molecule is CC1CN(C(=O)c2cc(Cl)ncc2Cl)CC1C. The van der Waals surface area contributed by atoms with Crippen LogP contribution in [-0.2, 0) is 0 Å². The first-order chi connectivity index (χ1) is 7.99. The van der Waals surface area contributed by atoms with E-state index in [0.29, 0.717) is 22.4 Å². The van der Waals surface area contributed by atoms with Gasteiger partial charge in [0, 0.05) is 19.3 Å². The van der Waals surface area contributed by atoms with Gasteiger partial charge in [-0.3, -0.25) is 4.79 Å². The highest BCUT2D eigenvalue weighted by Gasteiger charge is 2.30. The second-order valence-corrected chi connectivity index (χ2v) is 5.45. The van der Waals surface area contributed by atoms with E-state index >= 15 is 0 Å². The highest BCUT2D eigenvalue weighted by Crippen LogP contribution is 2.26. The molecule has 2 unspecified atom stereocenters. The molecule has 5 heteroatoms. The third-order valence-electron chi connectivity index (χ3n) is 3.33. The third-order valence-corrected chi connectivity index (χ3v) is 3.84. The fourth-order valence-electron chi connectivity index (χ4n) is 2.04. The molecular formula is C12H14Cl2N2O. The topological polar surface area (TPSA) is 33.2 Å². The summed E-state index contributed by atoms with van der Waals surface area (Å²) in [4.78, 5) is 17.9. The molecule has 1 aliphatic rings. The van der Waals surface area contributed by atoms with Gasteiger partial charge in [0.2, 0.25) is 0 Å². The number of aromatic nitrogens is 1. The monoisotopic (exact) mass is 272 g/mol. The van der Waals surface area contributed by atoms with Crippen molar-refractivity contribution in [3.63, 3.8) is 0 Å². The molecule has 2 rings (SSSR count). The van der Waals surface area contributed by atoms with E-state index in [1.807, 2.05) is 4.90 Å². The van der Waals surface area contributed by atoms with Gasteiger partial charge in [-0.1, -0.05) is 37.0 Å². The smallest absolute Gasteiger partial charge is 0.255 e. The van der Waals surface area contributed by atoms with Gasteiger partial charge in [-0.25, -0.2) is 4.98 Å². The van der Waals surface area contributed by atoms with Gasteiger partial charge in [0.1, 0.15) is 5.15 Å². The molecule has 17 heavy (non-hydrogen) atoms. The van der Waals surface area contributed by atoms with Crippen LogP contribution in [-0.4, -0.2) is 28.9 Å². The summed E-state index contributed by atoms with van der Waals surface area (Å²) in [6, 6.07) is 1.53. The summed E-state index contributed by atoms with van der Waals surface area (Å²) in [5, 5.41) is 0.643. The zero-order chi connectivity index (χ0) is 12.6. The minimum atomic E-state index is -0.0597. The van der Waals surface area contributed by atoms with Gasteiger partial charge in [-0.2, -0.15) is 0 Å². The molecular weight excluding hydrogens is 259 g/mol. The predicted molar refractivity (Wildman–Crippen MR) is 68.5 cm³/mol. The van der Waals surface area contributed by atoms with Crippen LogP contribution in [0.15, 0.2) is 12.3 Å². The molecule has 3 nitrogen and oxygen atoms in total. The van der Waals surface area contributed by atoms with Gasteiger partial charge in [-0.05, 0) is 17.9 Å². The van der Waals surface area contributed by atoms with E-state index in [9.17, 15) is 4.79 Å². The van der Waals surface area contributed by atoms with Gasteiger partial charge in [0.05, 0.1) is 10.6 Å². The number of pyridine rings is 1. The van der Waals surface area contributed by atoms with E-state index in [0.717, 1.165) is 13.1 Å². The average Bonchev–Trinajstić information content (AvgIpc) is 2.62. The number of rotatable bonds is 1. The molecule has 0 radical (unpaired) electrons. The van der Waals surface area contributed by atoms with Crippen molar-refractivity contribution >= 4 is 29.1 Å². The second-order valence-electron chi connectivity index (χ2n) is 4.65. The molecule has 0 bridgehead atoms. The van der Waals surface area contributed by atoms with Crippen molar-refractivity contribution in [3.05, 3.63) is 28.0 Å². The number of likely N-dealkylation sites (tertiary alicyclic amines) is 1. The number of hydrogen-bond acceptors (Lipinski definition) is 2. The van der Waals surface area contributed by atoms with Crippen LogP contribution in [0.3, 0.4) is 0 Å². The highest BCUT2D eigenvalue weighted by molar-refractivity contribution is 6.35. The Kier molecular flexibility index (Phi) is 3.59. The molecule has 1 aliphatic heterocycles. The lowest BCUT2D eigenvalue weighted by atomic mass is 10.0. The average molecular weight is 273 g/mol. The van der Waals surface area contributed by atoms with Crippen molar-refractivity contribution in [1.82, 2.24) is 9.88 Å². The summed E-state index contributed by atoms with van der Waals surface area (Å²) < 4.78 is 0. The van der Waals surface area contributed by atoms with Crippen molar-refractivity contribution in [2.24, 2.45) is 11.8 Å². The van der Waals surface area contributed by atoms with Crippen molar-refractivity contribution < 1.29 is 4.79 Å². The van der Waals surface area contributed by atoms with E-state index in [-0.39, 0.29) is 11.1 Å². The lowest BCUT2D eigenvalue weighted by Crippen LogP contribution is -2.29. The number of carbonyl (C=O) groups excluding carboxylic acids is 1. The van der Waals surface area contributed by atoms with Crippen LogP contribution in [0, 0.1) is 11.8 Å². The number of nitrogens with zero attached hydrogens (tertiary/aromatic N) is 2. The minimum Gasteiger partial charge on any atom is -0.338 e. The normalized spacial score (nSPS) is 24.1. The Balaban J connectivity index is 2.23. The maximum absolute atomic E-state index is 12.3. The van der Waals surface area contributed by atoms with Gasteiger partial charge in [0.15, 0.2) is 0 Å². The fourth-order valence-corrected chi connectivity index (χ4v) is 2.39. The van der Waals surface area contributed by atoms with Crippen LogP contribution in [0.4, 0.5) is 0 Å². The quantitative estimate of drug-likeness (QED) is 0.736. The number of halogens is 2. The molecule has 1 aromatic heterocycles. The molecule has 1 amide bonds.